The van der Waals surface area contributed by atoms with E-state index in [1.54, 1.807) is 25.3 Å². The molecule has 1 aliphatic rings. The monoisotopic (exact) mass is 272 g/mol. The van der Waals surface area contributed by atoms with Crippen molar-refractivity contribution in [3.05, 3.63) is 53.6 Å². The van der Waals surface area contributed by atoms with Crippen molar-refractivity contribution in [2.45, 2.75) is 18.6 Å². The van der Waals surface area contributed by atoms with Crippen molar-refractivity contribution in [2.24, 2.45) is 0 Å². The Hall–Kier alpha value is -2.20. The average Bonchev–Trinajstić information content (AvgIpc) is 2.47. The maximum absolute atomic E-state index is 10.3. The Morgan fingerprint density at radius 3 is 2.85 bits per heavy atom. The fraction of sp³-hybridized carbons (Fsp3) is 0.250. The van der Waals surface area contributed by atoms with Crippen LogP contribution in [0.4, 0.5) is 0 Å². The molecule has 1 aliphatic heterocycles. The molecule has 0 aliphatic carbocycles. The van der Waals surface area contributed by atoms with E-state index in [4.69, 9.17) is 9.47 Å². The smallest absolute Gasteiger partial charge is 0.150 e. The zero-order valence-corrected chi connectivity index (χ0v) is 11.1. The van der Waals surface area contributed by atoms with E-state index in [1.165, 1.54) is 0 Å². The maximum atomic E-state index is 10.3. The number of hydrogen-bond donors (Lipinski definition) is 2. The highest BCUT2D eigenvalue weighted by Crippen LogP contribution is 2.37. The van der Waals surface area contributed by atoms with Crippen LogP contribution in [0.15, 0.2) is 42.5 Å². The SMILES string of the molecule is COc1cccc([C@H]2Oc3cc(O)ccc3C[C@H]2O)c1. The second kappa shape index (κ2) is 5.06. The minimum Gasteiger partial charge on any atom is -0.508 e. The van der Waals surface area contributed by atoms with Crippen LogP contribution in [0, 0.1) is 0 Å². The van der Waals surface area contributed by atoms with E-state index in [1.807, 2.05) is 24.3 Å². The third-order valence-corrected chi connectivity index (χ3v) is 3.51. The first-order valence-electron chi connectivity index (χ1n) is 6.48. The van der Waals surface area contributed by atoms with Gasteiger partial charge in [0.2, 0.25) is 0 Å². The van der Waals surface area contributed by atoms with E-state index in [0.29, 0.717) is 12.2 Å². The Labute approximate surface area is 117 Å². The van der Waals surface area contributed by atoms with E-state index in [2.05, 4.69) is 0 Å². The van der Waals surface area contributed by atoms with Gasteiger partial charge in [0.25, 0.3) is 0 Å². The zero-order valence-electron chi connectivity index (χ0n) is 11.1. The quantitative estimate of drug-likeness (QED) is 0.881. The van der Waals surface area contributed by atoms with Crippen LogP contribution in [0.2, 0.25) is 0 Å². The molecule has 0 spiro atoms. The van der Waals surface area contributed by atoms with Crippen LogP contribution in [-0.4, -0.2) is 23.4 Å². The fourth-order valence-electron chi connectivity index (χ4n) is 2.48. The first kappa shape index (κ1) is 12.8. The summed E-state index contributed by atoms with van der Waals surface area (Å²) in [5, 5.41) is 19.8. The molecule has 0 fully saturated rings. The van der Waals surface area contributed by atoms with Gasteiger partial charge in [-0.25, -0.2) is 0 Å². The normalized spacial score (nSPS) is 20.9. The van der Waals surface area contributed by atoms with Crippen molar-refractivity contribution in [3.8, 4) is 17.2 Å². The number of fused-ring (bicyclic) bond motifs is 1. The van der Waals surface area contributed by atoms with Crippen LogP contribution in [0.3, 0.4) is 0 Å². The lowest BCUT2D eigenvalue weighted by Crippen LogP contribution is -2.30. The Morgan fingerprint density at radius 2 is 2.05 bits per heavy atom. The molecule has 2 atom stereocenters. The highest BCUT2D eigenvalue weighted by Gasteiger charge is 2.30. The molecule has 1 heterocycles. The van der Waals surface area contributed by atoms with Crippen LogP contribution in [0.5, 0.6) is 17.2 Å². The molecule has 0 radical (unpaired) electrons. The van der Waals surface area contributed by atoms with E-state index < -0.39 is 12.2 Å². The number of aromatic hydroxyl groups is 1. The predicted octanol–water partition coefficient (Wildman–Crippen LogP) is 2.44. The summed E-state index contributed by atoms with van der Waals surface area (Å²) >= 11 is 0. The predicted molar refractivity (Wildman–Crippen MR) is 74.2 cm³/mol. The minimum atomic E-state index is -0.626. The molecule has 0 amide bonds. The van der Waals surface area contributed by atoms with E-state index in [0.717, 1.165) is 16.9 Å². The van der Waals surface area contributed by atoms with E-state index in [9.17, 15) is 10.2 Å². The number of benzene rings is 2. The van der Waals surface area contributed by atoms with Gasteiger partial charge in [0.15, 0.2) is 0 Å². The first-order chi connectivity index (χ1) is 9.67. The van der Waals surface area contributed by atoms with Crippen molar-refractivity contribution >= 4 is 0 Å². The van der Waals surface area contributed by atoms with Crippen LogP contribution >= 0.6 is 0 Å². The number of phenols is 1. The van der Waals surface area contributed by atoms with Crippen molar-refractivity contribution in [1.29, 1.82) is 0 Å². The summed E-state index contributed by atoms with van der Waals surface area (Å²) in [6, 6.07) is 12.4. The zero-order chi connectivity index (χ0) is 14.1. The highest BCUT2D eigenvalue weighted by atomic mass is 16.5. The number of hydrogen-bond acceptors (Lipinski definition) is 4. The summed E-state index contributed by atoms with van der Waals surface area (Å²) in [5.74, 6) is 1.49. The summed E-state index contributed by atoms with van der Waals surface area (Å²) in [6.07, 6.45) is -0.587. The highest BCUT2D eigenvalue weighted by molar-refractivity contribution is 5.43. The molecule has 2 aromatic carbocycles. The molecule has 4 nitrogen and oxygen atoms in total. The van der Waals surface area contributed by atoms with Crippen LogP contribution in [0.25, 0.3) is 0 Å². The van der Waals surface area contributed by atoms with Gasteiger partial charge in [-0.3, -0.25) is 0 Å². The molecule has 0 aromatic heterocycles. The van der Waals surface area contributed by atoms with Gasteiger partial charge < -0.3 is 19.7 Å². The second-order valence-corrected chi connectivity index (χ2v) is 4.88. The van der Waals surface area contributed by atoms with Crippen LogP contribution in [-0.2, 0) is 6.42 Å². The second-order valence-electron chi connectivity index (χ2n) is 4.88. The number of phenolic OH excluding ortho intramolecular Hbond substituents is 1. The standard InChI is InChI=1S/C16H16O4/c1-19-13-4-2-3-11(7-13)16-14(18)8-10-5-6-12(17)9-15(10)20-16/h2-7,9,14,16-18H,8H2,1H3/t14-,16-/m1/s1. The minimum absolute atomic E-state index is 0.157. The molecular weight excluding hydrogens is 256 g/mol. The third kappa shape index (κ3) is 2.30. The maximum Gasteiger partial charge on any atom is 0.150 e. The van der Waals surface area contributed by atoms with Crippen LogP contribution < -0.4 is 9.47 Å². The molecular formula is C16H16O4. The van der Waals surface area contributed by atoms with Crippen molar-refractivity contribution in [2.75, 3.05) is 7.11 Å². The molecule has 0 saturated heterocycles. The summed E-state index contributed by atoms with van der Waals surface area (Å²) in [5.41, 5.74) is 1.75. The summed E-state index contributed by atoms with van der Waals surface area (Å²) in [4.78, 5) is 0. The lowest BCUT2D eigenvalue weighted by molar-refractivity contribution is 0.0205. The molecule has 104 valence electrons. The molecule has 0 unspecified atom stereocenters. The molecule has 20 heavy (non-hydrogen) atoms. The van der Waals surface area contributed by atoms with Gasteiger partial charge in [0.05, 0.1) is 13.2 Å². The average molecular weight is 272 g/mol. The number of aliphatic hydroxyl groups is 1. The topological polar surface area (TPSA) is 58.9 Å². The van der Waals surface area contributed by atoms with E-state index in [-0.39, 0.29) is 5.75 Å². The number of ether oxygens (including phenoxy) is 2. The van der Waals surface area contributed by atoms with Gasteiger partial charge in [-0.2, -0.15) is 0 Å². The van der Waals surface area contributed by atoms with Gasteiger partial charge in [-0.15, -0.1) is 0 Å². The summed E-state index contributed by atoms with van der Waals surface area (Å²) in [7, 11) is 1.60. The van der Waals surface area contributed by atoms with Gasteiger partial charge >= 0.3 is 0 Å². The summed E-state index contributed by atoms with van der Waals surface area (Å²) < 4.78 is 11.0. The van der Waals surface area contributed by atoms with Crippen LogP contribution in [0.1, 0.15) is 17.2 Å². The lowest BCUT2D eigenvalue weighted by atomic mass is 9.94. The molecule has 2 aromatic rings. The van der Waals surface area contributed by atoms with E-state index >= 15 is 0 Å². The molecule has 4 heteroatoms. The Bertz CT molecular complexity index is 624. The Morgan fingerprint density at radius 1 is 1.20 bits per heavy atom. The first-order valence-corrected chi connectivity index (χ1v) is 6.48. The largest absolute Gasteiger partial charge is 0.508 e. The van der Waals surface area contributed by atoms with Crippen molar-refractivity contribution < 1.29 is 19.7 Å². The van der Waals surface area contributed by atoms with Gasteiger partial charge in [-0.05, 0) is 29.3 Å². The summed E-state index contributed by atoms with van der Waals surface area (Å²) in [6.45, 7) is 0. The molecule has 3 rings (SSSR count). The van der Waals surface area contributed by atoms with Gasteiger partial charge in [0, 0.05) is 12.5 Å². The molecule has 0 bridgehead atoms. The Kier molecular flexibility index (Phi) is 3.24. The fourth-order valence-corrected chi connectivity index (χ4v) is 2.48. The van der Waals surface area contributed by atoms with Gasteiger partial charge in [-0.1, -0.05) is 18.2 Å². The lowest BCUT2D eigenvalue weighted by Gasteiger charge is -2.31. The van der Waals surface area contributed by atoms with Crippen molar-refractivity contribution in [1.82, 2.24) is 0 Å². The number of methoxy groups -OCH3 is 1. The molecule has 2 N–H and O–H groups in total. The third-order valence-electron chi connectivity index (χ3n) is 3.51. The number of aliphatic hydroxyl groups excluding tert-OH is 1. The Balaban J connectivity index is 1.94. The number of rotatable bonds is 2. The van der Waals surface area contributed by atoms with Gasteiger partial charge in [0.1, 0.15) is 23.4 Å². The van der Waals surface area contributed by atoms with Crippen molar-refractivity contribution in [3.63, 3.8) is 0 Å². The molecule has 0 saturated carbocycles.